The molecule has 0 bridgehead atoms. The van der Waals surface area contributed by atoms with E-state index in [0.29, 0.717) is 5.69 Å². The second kappa shape index (κ2) is 3.64. The highest BCUT2D eigenvalue weighted by Crippen LogP contribution is 2.26. The summed E-state index contributed by atoms with van der Waals surface area (Å²) in [6.07, 6.45) is 8.27. The first-order chi connectivity index (χ1) is 7.58. The van der Waals surface area contributed by atoms with Gasteiger partial charge in [-0.05, 0) is 24.5 Å². The van der Waals surface area contributed by atoms with Gasteiger partial charge in [0.25, 0.3) is 0 Å². The predicted octanol–water partition coefficient (Wildman–Crippen LogP) is 2.40. The van der Waals surface area contributed by atoms with Crippen LogP contribution in [-0.2, 0) is 5.41 Å². The summed E-state index contributed by atoms with van der Waals surface area (Å²) < 4.78 is 1.85. The number of hydrogen-bond donors (Lipinski definition) is 0. The second-order valence-electron chi connectivity index (χ2n) is 4.51. The SMILES string of the molecule is C#Cc1ccc2ncc(C(C)(C)CC)n2n1. The molecule has 0 amide bonds. The molecule has 0 saturated carbocycles. The van der Waals surface area contributed by atoms with Crippen molar-refractivity contribution in [2.45, 2.75) is 32.6 Å². The van der Waals surface area contributed by atoms with Crippen LogP contribution in [0.3, 0.4) is 0 Å². The van der Waals surface area contributed by atoms with Crippen LogP contribution in [0.2, 0.25) is 0 Å². The van der Waals surface area contributed by atoms with Gasteiger partial charge in [0.05, 0.1) is 11.9 Å². The summed E-state index contributed by atoms with van der Waals surface area (Å²) in [6, 6.07) is 3.71. The number of imidazole rings is 1. The van der Waals surface area contributed by atoms with Crippen LogP contribution in [-0.4, -0.2) is 14.6 Å². The van der Waals surface area contributed by atoms with Crippen molar-refractivity contribution < 1.29 is 0 Å². The van der Waals surface area contributed by atoms with E-state index in [1.165, 1.54) is 0 Å². The van der Waals surface area contributed by atoms with Crippen LogP contribution in [0.4, 0.5) is 0 Å². The van der Waals surface area contributed by atoms with Gasteiger partial charge in [-0.15, -0.1) is 6.42 Å². The van der Waals surface area contributed by atoms with E-state index in [1.807, 2.05) is 22.8 Å². The van der Waals surface area contributed by atoms with Crippen LogP contribution >= 0.6 is 0 Å². The first-order valence-corrected chi connectivity index (χ1v) is 5.40. The molecule has 82 valence electrons. The Kier molecular flexibility index (Phi) is 2.43. The lowest BCUT2D eigenvalue weighted by Crippen LogP contribution is -2.19. The Morgan fingerprint density at radius 1 is 1.44 bits per heavy atom. The first kappa shape index (κ1) is 10.7. The van der Waals surface area contributed by atoms with Gasteiger partial charge in [0, 0.05) is 5.41 Å². The van der Waals surface area contributed by atoms with Gasteiger partial charge in [0.1, 0.15) is 5.69 Å². The first-order valence-electron chi connectivity index (χ1n) is 5.40. The molecule has 2 heterocycles. The largest absolute Gasteiger partial charge is 0.235 e. The van der Waals surface area contributed by atoms with Crippen molar-refractivity contribution in [2.24, 2.45) is 0 Å². The van der Waals surface area contributed by atoms with Gasteiger partial charge in [0.15, 0.2) is 5.65 Å². The van der Waals surface area contributed by atoms with E-state index in [0.717, 1.165) is 17.8 Å². The summed E-state index contributed by atoms with van der Waals surface area (Å²) in [5, 5.41) is 4.39. The van der Waals surface area contributed by atoms with Crippen molar-refractivity contribution in [1.29, 1.82) is 0 Å². The highest BCUT2D eigenvalue weighted by molar-refractivity contribution is 5.42. The fraction of sp³-hybridized carbons (Fsp3) is 0.385. The van der Waals surface area contributed by atoms with Crippen LogP contribution in [0.1, 0.15) is 38.6 Å². The average molecular weight is 213 g/mol. The van der Waals surface area contributed by atoms with Crippen molar-refractivity contribution in [3.8, 4) is 12.3 Å². The van der Waals surface area contributed by atoms with E-state index in [4.69, 9.17) is 6.42 Å². The molecule has 0 unspecified atom stereocenters. The highest BCUT2D eigenvalue weighted by Gasteiger charge is 2.23. The van der Waals surface area contributed by atoms with Crippen molar-refractivity contribution in [1.82, 2.24) is 14.6 Å². The van der Waals surface area contributed by atoms with Gasteiger partial charge >= 0.3 is 0 Å². The molecule has 0 spiro atoms. The van der Waals surface area contributed by atoms with Gasteiger partial charge in [-0.1, -0.05) is 20.8 Å². The maximum Gasteiger partial charge on any atom is 0.153 e. The third kappa shape index (κ3) is 1.57. The maximum atomic E-state index is 5.35. The van der Waals surface area contributed by atoms with Crippen molar-refractivity contribution >= 4 is 5.65 Å². The molecular weight excluding hydrogens is 198 g/mol. The number of terminal acetylenes is 1. The molecule has 0 aliphatic heterocycles. The lowest BCUT2D eigenvalue weighted by molar-refractivity contribution is 0.478. The maximum absolute atomic E-state index is 5.35. The Labute approximate surface area is 95.5 Å². The number of fused-ring (bicyclic) bond motifs is 1. The van der Waals surface area contributed by atoms with Crippen LogP contribution in [0.15, 0.2) is 18.3 Å². The topological polar surface area (TPSA) is 30.2 Å². The Morgan fingerprint density at radius 2 is 2.19 bits per heavy atom. The minimum atomic E-state index is 0.0552. The quantitative estimate of drug-likeness (QED) is 0.717. The fourth-order valence-electron chi connectivity index (χ4n) is 1.59. The van der Waals surface area contributed by atoms with Gasteiger partial charge in [-0.25, -0.2) is 9.50 Å². The standard InChI is InChI=1S/C13H15N3/c1-5-10-7-8-12-14-9-11(16(12)15-10)13(3,4)6-2/h1,7-9H,6H2,2-4H3. The molecule has 0 atom stereocenters. The molecule has 16 heavy (non-hydrogen) atoms. The number of rotatable bonds is 2. The van der Waals surface area contributed by atoms with Gasteiger partial charge in [0.2, 0.25) is 0 Å². The van der Waals surface area contributed by atoms with Crippen molar-refractivity contribution in [3.63, 3.8) is 0 Å². The van der Waals surface area contributed by atoms with Crippen LogP contribution < -0.4 is 0 Å². The molecule has 2 aromatic heterocycles. The van der Waals surface area contributed by atoms with Crippen LogP contribution in [0, 0.1) is 12.3 Å². The molecular formula is C13H15N3. The lowest BCUT2D eigenvalue weighted by Gasteiger charge is -2.21. The Balaban J connectivity index is 2.68. The van der Waals surface area contributed by atoms with Crippen LogP contribution in [0.5, 0.6) is 0 Å². The number of aromatic nitrogens is 3. The van der Waals surface area contributed by atoms with E-state index >= 15 is 0 Å². The van der Waals surface area contributed by atoms with Crippen molar-refractivity contribution in [3.05, 3.63) is 29.7 Å². The minimum Gasteiger partial charge on any atom is -0.235 e. The predicted molar refractivity (Wildman–Crippen MR) is 64.2 cm³/mol. The molecule has 0 aliphatic rings. The zero-order valence-corrected chi connectivity index (χ0v) is 9.86. The Morgan fingerprint density at radius 3 is 2.81 bits per heavy atom. The number of nitrogens with zero attached hydrogens (tertiary/aromatic N) is 3. The average Bonchev–Trinajstić information content (AvgIpc) is 2.72. The summed E-state index contributed by atoms with van der Waals surface area (Å²) in [5.41, 5.74) is 2.64. The molecule has 3 nitrogen and oxygen atoms in total. The molecule has 0 saturated heterocycles. The van der Waals surface area contributed by atoms with E-state index in [9.17, 15) is 0 Å². The lowest BCUT2D eigenvalue weighted by atomic mass is 9.87. The normalized spacial score (nSPS) is 11.6. The zero-order chi connectivity index (χ0) is 11.8. The monoisotopic (exact) mass is 213 g/mol. The summed E-state index contributed by atoms with van der Waals surface area (Å²) in [4.78, 5) is 4.34. The van der Waals surface area contributed by atoms with Gasteiger partial charge in [-0.2, -0.15) is 5.10 Å². The Bertz CT molecular complexity index is 558. The fourth-order valence-corrected chi connectivity index (χ4v) is 1.59. The van der Waals surface area contributed by atoms with E-state index < -0.39 is 0 Å². The smallest absolute Gasteiger partial charge is 0.153 e. The summed E-state index contributed by atoms with van der Waals surface area (Å²) in [6.45, 7) is 6.52. The molecule has 2 rings (SSSR count). The van der Waals surface area contributed by atoms with Gasteiger partial charge < -0.3 is 0 Å². The Hall–Kier alpha value is -1.82. The van der Waals surface area contributed by atoms with E-state index in [1.54, 1.807) is 0 Å². The molecule has 3 heteroatoms. The second-order valence-corrected chi connectivity index (χ2v) is 4.51. The molecule has 0 aromatic carbocycles. The molecule has 0 N–H and O–H groups in total. The van der Waals surface area contributed by atoms with Crippen molar-refractivity contribution in [2.75, 3.05) is 0 Å². The summed E-state index contributed by atoms with van der Waals surface area (Å²) in [7, 11) is 0. The molecule has 0 radical (unpaired) electrons. The van der Waals surface area contributed by atoms with E-state index in [-0.39, 0.29) is 5.41 Å². The molecule has 0 aliphatic carbocycles. The highest BCUT2D eigenvalue weighted by atomic mass is 15.3. The minimum absolute atomic E-state index is 0.0552. The summed E-state index contributed by atoms with van der Waals surface area (Å²) >= 11 is 0. The third-order valence-corrected chi connectivity index (χ3v) is 3.09. The third-order valence-electron chi connectivity index (χ3n) is 3.09. The van der Waals surface area contributed by atoms with Gasteiger partial charge in [-0.3, -0.25) is 0 Å². The number of hydrogen-bond acceptors (Lipinski definition) is 2. The molecule has 0 fully saturated rings. The van der Waals surface area contributed by atoms with Crippen LogP contribution in [0.25, 0.3) is 5.65 Å². The summed E-state index contributed by atoms with van der Waals surface area (Å²) in [5.74, 6) is 2.55. The molecule has 2 aromatic rings. The van der Waals surface area contributed by atoms with E-state index in [2.05, 4.69) is 36.8 Å². The zero-order valence-electron chi connectivity index (χ0n) is 9.86.